The molecule has 1 heterocycles. The van der Waals surface area contributed by atoms with E-state index >= 15 is 0 Å². The molecule has 7 heteroatoms. The number of carbonyl (C=O) groups is 1. The van der Waals surface area contributed by atoms with Crippen molar-refractivity contribution in [2.75, 3.05) is 11.4 Å². The Balaban J connectivity index is 1.81. The molecule has 2 aromatic carbocycles. The summed E-state index contributed by atoms with van der Waals surface area (Å²) in [6.07, 6.45) is -0.231. The quantitative estimate of drug-likeness (QED) is 0.638. The number of rotatable bonds is 4. The average Bonchev–Trinajstić information content (AvgIpc) is 2.97. The van der Waals surface area contributed by atoms with Crippen molar-refractivity contribution in [1.82, 2.24) is 0 Å². The highest BCUT2D eigenvalue weighted by Crippen LogP contribution is 2.31. The summed E-state index contributed by atoms with van der Waals surface area (Å²) in [5.41, 5.74) is 1.50. The zero-order valence-electron chi connectivity index (χ0n) is 12.9. The van der Waals surface area contributed by atoms with E-state index in [1.807, 2.05) is 24.3 Å². The smallest absolute Gasteiger partial charge is 0.311 e. The van der Waals surface area contributed by atoms with Gasteiger partial charge in [-0.2, -0.15) is 0 Å². The molecule has 0 N–H and O–H groups in total. The monoisotopic (exact) mass is 330 g/mol. The van der Waals surface area contributed by atoms with Crippen LogP contribution in [0, 0.1) is 15.9 Å². The number of nitro benzene ring substituents is 1. The lowest BCUT2D eigenvalue weighted by molar-refractivity contribution is -0.386. The van der Waals surface area contributed by atoms with Crippen LogP contribution in [0.5, 0.6) is 5.75 Å². The van der Waals surface area contributed by atoms with E-state index in [0.29, 0.717) is 6.54 Å². The maximum atomic E-state index is 13.4. The molecule has 0 fully saturated rings. The Morgan fingerprint density at radius 3 is 2.83 bits per heavy atom. The number of halogens is 1. The number of nitro groups is 1. The highest BCUT2D eigenvalue weighted by Gasteiger charge is 2.30. The minimum Gasteiger partial charge on any atom is -0.474 e. The number of hydrogen-bond donors (Lipinski definition) is 0. The van der Waals surface area contributed by atoms with E-state index < -0.39 is 16.8 Å². The molecule has 1 amide bonds. The van der Waals surface area contributed by atoms with E-state index in [0.717, 1.165) is 35.9 Å². The van der Waals surface area contributed by atoms with Crippen LogP contribution in [0.15, 0.2) is 42.5 Å². The summed E-state index contributed by atoms with van der Waals surface area (Å²) >= 11 is 0. The van der Waals surface area contributed by atoms with Gasteiger partial charge in [-0.1, -0.05) is 18.2 Å². The van der Waals surface area contributed by atoms with Crippen molar-refractivity contribution in [3.63, 3.8) is 0 Å². The minimum absolute atomic E-state index is 0.256. The number of benzene rings is 2. The Labute approximate surface area is 137 Å². The maximum Gasteiger partial charge on any atom is 0.311 e. The first kappa shape index (κ1) is 15.9. The van der Waals surface area contributed by atoms with Gasteiger partial charge in [0, 0.05) is 24.4 Å². The second-order valence-corrected chi connectivity index (χ2v) is 5.50. The first-order chi connectivity index (χ1) is 11.5. The second-order valence-electron chi connectivity index (χ2n) is 5.50. The second kappa shape index (κ2) is 6.27. The van der Waals surface area contributed by atoms with Gasteiger partial charge in [-0.15, -0.1) is 0 Å². The summed E-state index contributed by atoms with van der Waals surface area (Å²) in [6.45, 7) is 2.02. The first-order valence-corrected chi connectivity index (χ1v) is 7.47. The van der Waals surface area contributed by atoms with Crippen LogP contribution >= 0.6 is 0 Å². The summed E-state index contributed by atoms with van der Waals surface area (Å²) < 4.78 is 18.8. The highest BCUT2D eigenvalue weighted by molar-refractivity contribution is 5.98. The van der Waals surface area contributed by atoms with Crippen LogP contribution in [0.25, 0.3) is 0 Å². The molecule has 0 saturated heterocycles. The number of ether oxygens (including phenoxy) is 1. The molecule has 0 aliphatic carbocycles. The van der Waals surface area contributed by atoms with Crippen LogP contribution in [0.2, 0.25) is 0 Å². The van der Waals surface area contributed by atoms with Gasteiger partial charge in [0.2, 0.25) is 5.75 Å². The lowest BCUT2D eigenvalue weighted by Crippen LogP contribution is -2.39. The fraction of sp³-hybridized carbons (Fsp3) is 0.235. The largest absolute Gasteiger partial charge is 0.474 e. The number of anilines is 1. The minimum atomic E-state index is -0.975. The third kappa shape index (κ3) is 2.92. The normalized spacial score (nSPS) is 14.2. The van der Waals surface area contributed by atoms with Crippen LogP contribution in [0.1, 0.15) is 12.5 Å². The van der Waals surface area contributed by atoms with Gasteiger partial charge in [0.15, 0.2) is 6.10 Å². The molecule has 0 bridgehead atoms. The predicted molar refractivity (Wildman–Crippen MR) is 85.6 cm³/mol. The number of para-hydroxylation sites is 1. The lowest BCUT2D eigenvalue weighted by Gasteiger charge is -2.22. The predicted octanol–water partition coefficient (Wildman–Crippen LogP) is 3.09. The fourth-order valence-corrected chi connectivity index (χ4v) is 2.76. The Morgan fingerprint density at radius 1 is 1.33 bits per heavy atom. The van der Waals surface area contributed by atoms with Crippen molar-refractivity contribution in [3.05, 3.63) is 64.0 Å². The van der Waals surface area contributed by atoms with Crippen molar-refractivity contribution >= 4 is 17.3 Å². The summed E-state index contributed by atoms with van der Waals surface area (Å²) in [4.78, 5) is 24.5. The molecule has 2 aromatic rings. The molecular formula is C17H15FN2O4. The van der Waals surface area contributed by atoms with E-state index in [9.17, 15) is 19.3 Å². The van der Waals surface area contributed by atoms with Gasteiger partial charge in [0.05, 0.1) is 4.92 Å². The molecule has 1 aliphatic heterocycles. The number of nitrogens with zero attached hydrogens (tertiary/aromatic N) is 2. The van der Waals surface area contributed by atoms with Crippen molar-refractivity contribution in [2.24, 2.45) is 0 Å². The van der Waals surface area contributed by atoms with Crippen LogP contribution < -0.4 is 9.64 Å². The third-order valence-electron chi connectivity index (χ3n) is 3.92. The molecule has 3 rings (SSSR count). The molecule has 6 nitrogen and oxygen atoms in total. The lowest BCUT2D eigenvalue weighted by atomic mass is 10.2. The van der Waals surface area contributed by atoms with Crippen LogP contribution in [0.3, 0.4) is 0 Å². The summed E-state index contributed by atoms with van der Waals surface area (Å²) in [7, 11) is 0. The number of hydrogen-bond acceptors (Lipinski definition) is 4. The molecule has 0 radical (unpaired) electrons. The van der Waals surface area contributed by atoms with Gasteiger partial charge in [0.1, 0.15) is 5.82 Å². The van der Waals surface area contributed by atoms with Gasteiger partial charge in [-0.05, 0) is 31.0 Å². The van der Waals surface area contributed by atoms with E-state index in [1.165, 1.54) is 6.92 Å². The molecule has 0 unspecified atom stereocenters. The number of amides is 1. The van der Waals surface area contributed by atoms with E-state index in [1.54, 1.807) is 4.90 Å². The molecule has 1 atom stereocenters. The zero-order valence-corrected chi connectivity index (χ0v) is 12.9. The summed E-state index contributed by atoms with van der Waals surface area (Å²) in [5.74, 6) is -1.24. The topological polar surface area (TPSA) is 72.7 Å². The van der Waals surface area contributed by atoms with Crippen molar-refractivity contribution in [1.29, 1.82) is 0 Å². The van der Waals surface area contributed by atoms with Crippen LogP contribution in [-0.2, 0) is 11.2 Å². The number of carbonyl (C=O) groups excluding carboxylic acids is 1. The van der Waals surface area contributed by atoms with E-state index in [-0.39, 0.29) is 17.3 Å². The Hall–Kier alpha value is -2.96. The molecule has 0 saturated carbocycles. The summed E-state index contributed by atoms with van der Waals surface area (Å²) in [6, 6.07) is 10.5. The molecule has 0 spiro atoms. The van der Waals surface area contributed by atoms with Crippen LogP contribution in [0.4, 0.5) is 15.8 Å². The Morgan fingerprint density at radius 2 is 2.08 bits per heavy atom. The maximum absolute atomic E-state index is 13.4. The molecule has 0 aromatic heterocycles. The molecule has 24 heavy (non-hydrogen) atoms. The first-order valence-electron chi connectivity index (χ1n) is 7.47. The van der Waals surface area contributed by atoms with Gasteiger partial charge < -0.3 is 9.64 Å². The van der Waals surface area contributed by atoms with Crippen molar-refractivity contribution < 1.29 is 18.8 Å². The van der Waals surface area contributed by atoms with E-state index in [4.69, 9.17) is 4.74 Å². The van der Waals surface area contributed by atoms with Crippen LogP contribution in [-0.4, -0.2) is 23.5 Å². The molecule has 1 aliphatic rings. The average molecular weight is 330 g/mol. The fourth-order valence-electron chi connectivity index (χ4n) is 2.76. The Kier molecular flexibility index (Phi) is 4.16. The third-order valence-corrected chi connectivity index (χ3v) is 3.92. The van der Waals surface area contributed by atoms with Gasteiger partial charge in [0.25, 0.3) is 5.91 Å². The molecular weight excluding hydrogens is 315 g/mol. The van der Waals surface area contributed by atoms with Crippen molar-refractivity contribution in [2.45, 2.75) is 19.4 Å². The zero-order chi connectivity index (χ0) is 17.3. The highest BCUT2D eigenvalue weighted by atomic mass is 19.1. The van der Waals surface area contributed by atoms with Gasteiger partial charge in [-0.3, -0.25) is 14.9 Å². The van der Waals surface area contributed by atoms with E-state index in [2.05, 4.69) is 0 Å². The summed E-state index contributed by atoms with van der Waals surface area (Å²) in [5, 5.41) is 11.0. The van der Waals surface area contributed by atoms with Crippen molar-refractivity contribution in [3.8, 4) is 5.75 Å². The molecule has 124 valence electrons. The van der Waals surface area contributed by atoms with Gasteiger partial charge in [-0.25, -0.2) is 4.39 Å². The SMILES string of the molecule is C[C@H](Oc1cc(F)ccc1[N+](=O)[O-])C(=O)N1CCc2ccccc21. The van der Waals surface area contributed by atoms with Gasteiger partial charge >= 0.3 is 5.69 Å². The Bertz CT molecular complexity index is 809. The standard InChI is InChI=1S/C17H15FN2O4/c1-11(24-16-10-13(18)6-7-15(16)20(22)23)17(21)19-9-8-12-4-2-3-5-14(12)19/h2-7,10-11H,8-9H2,1H3/t11-/m0/s1. The number of fused-ring (bicyclic) bond motifs is 1.